The molecular formula is C20H22N2O3. The predicted molar refractivity (Wildman–Crippen MR) is 94.3 cm³/mol. The maximum Gasteiger partial charge on any atom is 0.339 e. The Morgan fingerprint density at radius 2 is 2.00 bits per heavy atom. The maximum atomic E-state index is 12.6. The number of ether oxygens (including phenoxy) is 1. The lowest BCUT2D eigenvalue weighted by atomic mass is 10.1. The first-order valence-electron chi connectivity index (χ1n) is 8.98. The predicted octanol–water partition coefficient (Wildman–Crippen LogP) is 3.18. The molecule has 25 heavy (non-hydrogen) atoms. The monoisotopic (exact) mass is 338 g/mol. The lowest BCUT2D eigenvalue weighted by Crippen LogP contribution is -2.37. The largest absolute Gasteiger partial charge is 0.452 e. The molecule has 0 radical (unpaired) electrons. The van der Waals surface area contributed by atoms with Gasteiger partial charge in [-0.05, 0) is 50.7 Å². The van der Waals surface area contributed by atoms with Crippen LogP contribution in [0.3, 0.4) is 0 Å². The summed E-state index contributed by atoms with van der Waals surface area (Å²) in [5, 5.41) is 3.66. The van der Waals surface area contributed by atoms with E-state index in [4.69, 9.17) is 4.74 Å². The number of carbonyl (C=O) groups excluding carboxylic acids is 2. The fraction of sp³-hybridized carbons (Fsp3) is 0.450. The summed E-state index contributed by atoms with van der Waals surface area (Å²) in [5.74, 6) is 0.312. The lowest BCUT2D eigenvalue weighted by Gasteiger charge is -2.13. The number of pyridine rings is 1. The second kappa shape index (κ2) is 6.47. The zero-order valence-electron chi connectivity index (χ0n) is 14.3. The minimum Gasteiger partial charge on any atom is -0.452 e. The third kappa shape index (κ3) is 3.65. The quantitative estimate of drug-likeness (QED) is 0.822. The normalized spacial score (nSPS) is 18.0. The van der Waals surface area contributed by atoms with Gasteiger partial charge in [-0.25, -0.2) is 4.79 Å². The molecule has 4 rings (SSSR count). The van der Waals surface area contributed by atoms with Crippen LogP contribution in [0.1, 0.15) is 54.6 Å². The SMILES string of the molecule is C[C@H](NC(=O)COC(=O)c1cc(C2CC2)nc2ccccc12)C1CC1. The van der Waals surface area contributed by atoms with Crippen LogP contribution in [0.5, 0.6) is 0 Å². The van der Waals surface area contributed by atoms with E-state index in [0.717, 1.165) is 42.3 Å². The first-order chi connectivity index (χ1) is 12.1. The number of benzene rings is 1. The molecule has 1 atom stereocenters. The molecule has 2 saturated carbocycles. The highest BCUT2D eigenvalue weighted by atomic mass is 16.5. The van der Waals surface area contributed by atoms with Crippen LogP contribution in [0.4, 0.5) is 0 Å². The van der Waals surface area contributed by atoms with E-state index in [0.29, 0.717) is 17.4 Å². The number of hydrogen-bond donors (Lipinski definition) is 1. The van der Waals surface area contributed by atoms with Crippen molar-refractivity contribution in [2.75, 3.05) is 6.61 Å². The summed E-state index contributed by atoms with van der Waals surface area (Å²) in [6, 6.07) is 9.53. The maximum absolute atomic E-state index is 12.6. The van der Waals surface area contributed by atoms with E-state index in [1.54, 1.807) is 0 Å². The van der Waals surface area contributed by atoms with Gasteiger partial charge >= 0.3 is 5.97 Å². The molecule has 0 spiro atoms. The van der Waals surface area contributed by atoms with E-state index in [2.05, 4.69) is 10.3 Å². The van der Waals surface area contributed by atoms with E-state index in [9.17, 15) is 9.59 Å². The van der Waals surface area contributed by atoms with Crippen molar-refractivity contribution in [2.45, 2.75) is 44.6 Å². The number of hydrogen-bond acceptors (Lipinski definition) is 4. The van der Waals surface area contributed by atoms with Crippen molar-refractivity contribution < 1.29 is 14.3 Å². The minimum atomic E-state index is -0.463. The fourth-order valence-electron chi connectivity index (χ4n) is 3.17. The number of carbonyl (C=O) groups is 2. The second-order valence-electron chi connectivity index (χ2n) is 7.16. The van der Waals surface area contributed by atoms with Gasteiger partial charge in [0.15, 0.2) is 6.61 Å². The Hall–Kier alpha value is -2.43. The summed E-state index contributed by atoms with van der Waals surface area (Å²) in [6.45, 7) is 1.75. The number of esters is 1. The number of nitrogens with one attached hydrogen (secondary N) is 1. The van der Waals surface area contributed by atoms with Crippen molar-refractivity contribution >= 4 is 22.8 Å². The second-order valence-corrected chi connectivity index (χ2v) is 7.16. The van der Waals surface area contributed by atoms with Gasteiger partial charge in [0.05, 0.1) is 11.1 Å². The van der Waals surface area contributed by atoms with Crippen LogP contribution in [0.2, 0.25) is 0 Å². The number of fused-ring (bicyclic) bond motifs is 1. The topological polar surface area (TPSA) is 68.3 Å². The molecule has 1 aromatic heterocycles. The molecule has 1 amide bonds. The van der Waals surface area contributed by atoms with E-state index >= 15 is 0 Å². The number of rotatable bonds is 6. The van der Waals surface area contributed by atoms with Crippen LogP contribution < -0.4 is 5.32 Å². The van der Waals surface area contributed by atoms with Crippen molar-refractivity contribution in [3.63, 3.8) is 0 Å². The van der Waals surface area contributed by atoms with Crippen molar-refractivity contribution in [3.05, 3.63) is 41.6 Å². The molecule has 0 aliphatic heterocycles. The van der Waals surface area contributed by atoms with Crippen LogP contribution in [0.25, 0.3) is 10.9 Å². The highest BCUT2D eigenvalue weighted by molar-refractivity contribution is 6.04. The lowest BCUT2D eigenvalue weighted by molar-refractivity contribution is -0.124. The third-order valence-electron chi connectivity index (χ3n) is 5.00. The summed E-state index contributed by atoms with van der Waals surface area (Å²) >= 11 is 0. The van der Waals surface area contributed by atoms with E-state index in [1.165, 1.54) is 0 Å². The molecule has 0 saturated heterocycles. The first kappa shape index (κ1) is 16.1. The first-order valence-corrected chi connectivity index (χ1v) is 8.98. The Labute approximate surface area is 146 Å². The van der Waals surface area contributed by atoms with Gasteiger partial charge in [-0.1, -0.05) is 18.2 Å². The highest BCUT2D eigenvalue weighted by Crippen LogP contribution is 2.40. The number of para-hydroxylation sites is 1. The third-order valence-corrected chi connectivity index (χ3v) is 5.00. The molecule has 2 aromatic rings. The summed E-state index contributed by atoms with van der Waals surface area (Å²) < 4.78 is 5.28. The van der Waals surface area contributed by atoms with Gasteiger partial charge < -0.3 is 10.1 Å². The van der Waals surface area contributed by atoms with Gasteiger partial charge in [0.1, 0.15) is 0 Å². The van der Waals surface area contributed by atoms with E-state index in [1.807, 2.05) is 37.3 Å². The van der Waals surface area contributed by atoms with Crippen LogP contribution in [0, 0.1) is 5.92 Å². The summed E-state index contributed by atoms with van der Waals surface area (Å²) in [6.07, 6.45) is 4.55. The van der Waals surface area contributed by atoms with Crippen molar-refractivity contribution in [1.29, 1.82) is 0 Å². The van der Waals surface area contributed by atoms with Crippen molar-refractivity contribution in [1.82, 2.24) is 10.3 Å². The van der Waals surface area contributed by atoms with Gasteiger partial charge in [-0.15, -0.1) is 0 Å². The van der Waals surface area contributed by atoms with E-state index < -0.39 is 5.97 Å². The van der Waals surface area contributed by atoms with Crippen molar-refractivity contribution in [2.24, 2.45) is 5.92 Å². The Morgan fingerprint density at radius 3 is 2.72 bits per heavy atom. The molecule has 5 heteroatoms. The Kier molecular flexibility index (Phi) is 4.15. The Bertz CT molecular complexity index is 825. The molecule has 2 aliphatic carbocycles. The van der Waals surface area contributed by atoms with Crippen LogP contribution in [-0.2, 0) is 9.53 Å². The van der Waals surface area contributed by atoms with Crippen LogP contribution >= 0.6 is 0 Å². The Balaban J connectivity index is 1.48. The molecule has 1 heterocycles. The Morgan fingerprint density at radius 1 is 1.24 bits per heavy atom. The highest BCUT2D eigenvalue weighted by Gasteiger charge is 2.29. The zero-order chi connectivity index (χ0) is 17.4. The fourth-order valence-corrected chi connectivity index (χ4v) is 3.17. The molecule has 2 aliphatic rings. The van der Waals surface area contributed by atoms with Gasteiger partial charge in [0, 0.05) is 23.0 Å². The summed E-state index contributed by atoms with van der Waals surface area (Å²) in [7, 11) is 0. The minimum absolute atomic E-state index is 0.148. The molecule has 130 valence electrons. The summed E-state index contributed by atoms with van der Waals surface area (Å²) in [5.41, 5.74) is 2.23. The van der Waals surface area contributed by atoms with E-state index in [-0.39, 0.29) is 18.6 Å². The number of amides is 1. The summed E-state index contributed by atoms with van der Waals surface area (Å²) in [4.78, 5) is 29.2. The average Bonchev–Trinajstić information content (AvgIpc) is 3.50. The van der Waals surface area contributed by atoms with Crippen LogP contribution in [0.15, 0.2) is 30.3 Å². The average molecular weight is 338 g/mol. The molecule has 0 unspecified atom stereocenters. The molecule has 1 aromatic carbocycles. The molecule has 0 bridgehead atoms. The number of aromatic nitrogens is 1. The molecule has 2 fully saturated rings. The molecular weight excluding hydrogens is 316 g/mol. The van der Waals surface area contributed by atoms with Gasteiger partial charge in [0.25, 0.3) is 5.91 Å². The number of nitrogens with zero attached hydrogens (tertiary/aromatic N) is 1. The zero-order valence-corrected chi connectivity index (χ0v) is 14.3. The van der Waals surface area contributed by atoms with Crippen LogP contribution in [-0.4, -0.2) is 29.5 Å². The van der Waals surface area contributed by atoms with Crippen molar-refractivity contribution in [3.8, 4) is 0 Å². The van der Waals surface area contributed by atoms with Gasteiger partial charge in [-0.2, -0.15) is 0 Å². The molecule has 5 nitrogen and oxygen atoms in total. The molecule has 1 N–H and O–H groups in total. The van der Waals surface area contributed by atoms with Gasteiger partial charge in [-0.3, -0.25) is 9.78 Å². The standard InChI is InChI=1S/C20H22N2O3/c1-12(13-6-7-13)21-19(23)11-25-20(24)16-10-18(14-8-9-14)22-17-5-3-2-4-15(16)17/h2-5,10,12-14H,6-9,11H2,1H3,(H,21,23)/t12-/m0/s1. The smallest absolute Gasteiger partial charge is 0.339 e. The van der Waals surface area contributed by atoms with Gasteiger partial charge in [0.2, 0.25) is 0 Å².